The molecule has 1 aromatic carbocycles. The summed E-state index contributed by atoms with van der Waals surface area (Å²) < 4.78 is 5.84. The summed E-state index contributed by atoms with van der Waals surface area (Å²) in [6, 6.07) is 15.4. The van der Waals surface area contributed by atoms with Crippen molar-refractivity contribution in [3.63, 3.8) is 0 Å². The van der Waals surface area contributed by atoms with E-state index in [9.17, 15) is 10.0 Å². The molecule has 9 heteroatoms. The summed E-state index contributed by atoms with van der Waals surface area (Å²) in [5.74, 6) is 0.333. The van der Waals surface area contributed by atoms with Gasteiger partial charge in [0, 0.05) is 43.3 Å². The van der Waals surface area contributed by atoms with Gasteiger partial charge in [0.2, 0.25) is 0 Å². The molecule has 3 aromatic heterocycles. The topological polar surface area (TPSA) is 105 Å². The van der Waals surface area contributed by atoms with E-state index in [1.807, 2.05) is 36.5 Å². The third kappa shape index (κ3) is 4.16. The number of hydrogen-bond acceptors (Lipinski definition) is 8. The monoisotopic (exact) mass is 430 g/mol. The number of anilines is 2. The molecule has 1 saturated heterocycles. The van der Waals surface area contributed by atoms with Crippen molar-refractivity contribution in [2.75, 3.05) is 31.6 Å². The van der Waals surface area contributed by atoms with Crippen molar-refractivity contribution >= 4 is 22.5 Å². The van der Waals surface area contributed by atoms with E-state index >= 15 is 0 Å². The molecule has 0 bridgehead atoms. The van der Waals surface area contributed by atoms with Crippen molar-refractivity contribution < 1.29 is 9.94 Å². The molecule has 0 spiro atoms. The number of nitrogens with zero attached hydrogens (tertiary/aromatic N) is 5. The van der Waals surface area contributed by atoms with Crippen LogP contribution in [0.1, 0.15) is 5.69 Å². The maximum atomic E-state index is 12.0. The fraction of sp³-hybridized carbons (Fsp3) is 0.217. The van der Waals surface area contributed by atoms with Crippen molar-refractivity contribution in [1.82, 2.24) is 24.6 Å². The quantitative estimate of drug-likeness (QED) is 0.466. The summed E-state index contributed by atoms with van der Waals surface area (Å²) in [4.78, 5) is 27.0. The van der Waals surface area contributed by atoms with Crippen LogP contribution in [0.3, 0.4) is 0 Å². The molecule has 0 atom stereocenters. The Morgan fingerprint density at radius 2 is 1.91 bits per heavy atom. The highest BCUT2D eigenvalue weighted by Crippen LogP contribution is 2.26. The summed E-state index contributed by atoms with van der Waals surface area (Å²) in [6.07, 6.45) is 3.38. The van der Waals surface area contributed by atoms with Crippen LogP contribution in [0.25, 0.3) is 22.2 Å². The van der Waals surface area contributed by atoms with E-state index < -0.39 is 5.69 Å². The van der Waals surface area contributed by atoms with Crippen LogP contribution in [0, 0.1) is 0 Å². The lowest BCUT2D eigenvalue weighted by molar-refractivity contribution is 0.0336. The summed E-state index contributed by atoms with van der Waals surface area (Å²) in [7, 11) is 0. The maximum absolute atomic E-state index is 12.0. The Balaban J connectivity index is 1.38. The van der Waals surface area contributed by atoms with Crippen molar-refractivity contribution in [2.24, 2.45) is 0 Å². The Morgan fingerprint density at radius 3 is 2.72 bits per heavy atom. The average molecular weight is 430 g/mol. The number of benzene rings is 1. The smallest absolute Gasteiger partial charge is 0.384 e. The second kappa shape index (κ2) is 8.74. The van der Waals surface area contributed by atoms with Crippen LogP contribution in [0.4, 0.5) is 11.5 Å². The zero-order chi connectivity index (χ0) is 21.9. The highest BCUT2D eigenvalue weighted by Gasteiger charge is 2.13. The number of hydrogen-bond donors (Lipinski definition) is 2. The van der Waals surface area contributed by atoms with Crippen molar-refractivity contribution in [2.45, 2.75) is 6.54 Å². The van der Waals surface area contributed by atoms with E-state index in [-0.39, 0.29) is 5.65 Å². The zero-order valence-corrected chi connectivity index (χ0v) is 17.3. The van der Waals surface area contributed by atoms with Gasteiger partial charge in [-0.15, -0.1) is 4.73 Å². The van der Waals surface area contributed by atoms with Crippen molar-refractivity contribution in [3.05, 3.63) is 77.1 Å². The predicted molar refractivity (Wildman–Crippen MR) is 120 cm³/mol. The van der Waals surface area contributed by atoms with Crippen LogP contribution in [0.2, 0.25) is 0 Å². The maximum Gasteiger partial charge on any atom is 0.384 e. The van der Waals surface area contributed by atoms with Gasteiger partial charge >= 0.3 is 5.69 Å². The molecule has 4 aromatic rings. The van der Waals surface area contributed by atoms with Gasteiger partial charge in [-0.05, 0) is 35.9 Å². The van der Waals surface area contributed by atoms with E-state index in [1.165, 1.54) is 6.20 Å². The number of aromatic nitrogens is 4. The zero-order valence-electron chi connectivity index (χ0n) is 17.3. The third-order valence-corrected chi connectivity index (χ3v) is 5.40. The molecular weight excluding hydrogens is 408 g/mol. The lowest BCUT2D eigenvalue weighted by Gasteiger charge is -2.26. The SMILES string of the molecule is O=c1nc(Nc2cccc(-c3ccc(CN4CCOCC4)nc3)c2)c2cccnc2n1O. The molecule has 1 aliphatic heterocycles. The van der Waals surface area contributed by atoms with Gasteiger partial charge in [0.05, 0.1) is 24.3 Å². The van der Waals surface area contributed by atoms with Gasteiger partial charge in [0.25, 0.3) is 0 Å². The van der Waals surface area contributed by atoms with Crippen LogP contribution < -0.4 is 11.0 Å². The van der Waals surface area contributed by atoms with Crippen LogP contribution in [0.5, 0.6) is 0 Å². The molecule has 0 aliphatic carbocycles. The first-order valence-corrected chi connectivity index (χ1v) is 10.4. The molecule has 0 radical (unpaired) electrons. The standard InChI is InChI=1S/C23H22N6O3/c30-23-27-21(20-5-2-8-24-22(20)29(23)31)26-18-4-1-3-16(13-18)17-6-7-19(25-14-17)15-28-9-11-32-12-10-28/h1-8,13-14,31H,9-12,15H2,(H,26,27,30). The highest BCUT2D eigenvalue weighted by atomic mass is 16.5. The number of nitrogens with one attached hydrogen (secondary N) is 1. The average Bonchev–Trinajstić information content (AvgIpc) is 2.84. The first kappa shape index (κ1) is 20.1. The number of rotatable bonds is 5. The van der Waals surface area contributed by atoms with E-state index in [2.05, 4.69) is 31.2 Å². The lowest BCUT2D eigenvalue weighted by atomic mass is 10.1. The Hall–Kier alpha value is -3.82. The highest BCUT2D eigenvalue weighted by molar-refractivity contribution is 5.88. The Kier molecular flexibility index (Phi) is 5.49. The molecule has 5 rings (SSSR count). The van der Waals surface area contributed by atoms with Gasteiger partial charge in [-0.1, -0.05) is 18.2 Å². The number of pyridine rings is 2. The van der Waals surface area contributed by atoms with Gasteiger partial charge in [-0.3, -0.25) is 9.88 Å². The summed E-state index contributed by atoms with van der Waals surface area (Å²) >= 11 is 0. The molecule has 162 valence electrons. The Morgan fingerprint density at radius 1 is 1.03 bits per heavy atom. The first-order chi connectivity index (χ1) is 15.7. The summed E-state index contributed by atoms with van der Waals surface area (Å²) in [5, 5.41) is 13.6. The van der Waals surface area contributed by atoms with Gasteiger partial charge in [-0.2, -0.15) is 4.98 Å². The fourth-order valence-electron chi connectivity index (χ4n) is 3.73. The number of morpholine rings is 1. The molecule has 32 heavy (non-hydrogen) atoms. The van der Waals surface area contributed by atoms with E-state index in [0.717, 1.165) is 55.4 Å². The fourth-order valence-corrected chi connectivity index (χ4v) is 3.73. The molecule has 0 amide bonds. The van der Waals surface area contributed by atoms with E-state index in [4.69, 9.17) is 4.74 Å². The molecular formula is C23H22N6O3. The molecule has 0 saturated carbocycles. The second-order valence-corrected chi connectivity index (χ2v) is 7.56. The number of fused-ring (bicyclic) bond motifs is 1. The van der Waals surface area contributed by atoms with Crippen LogP contribution >= 0.6 is 0 Å². The summed E-state index contributed by atoms with van der Waals surface area (Å²) in [6.45, 7) is 4.21. The molecule has 4 heterocycles. The minimum atomic E-state index is -0.796. The third-order valence-electron chi connectivity index (χ3n) is 5.40. The minimum absolute atomic E-state index is 0.145. The first-order valence-electron chi connectivity index (χ1n) is 10.4. The molecule has 1 fully saturated rings. The van der Waals surface area contributed by atoms with Gasteiger partial charge in [0.15, 0.2) is 5.65 Å². The van der Waals surface area contributed by atoms with E-state index in [0.29, 0.717) is 15.9 Å². The van der Waals surface area contributed by atoms with Crippen molar-refractivity contribution in [1.29, 1.82) is 0 Å². The molecule has 1 aliphatic rings. The summed E-state index contributed by atoms with van der Waals surface area (Å²) in [5.41, 5.74) is 3.11. The van der Waals surface area contributed by atoms with Gasteiger partial charge in [-0.25, -0.2) is 9.78 Å². The van der Waals surface area contributed by atoms with Crippen LogP contribution in [-0.4, -0.2) is 56.1 Å². The molecule has 2 N–H and O–H groups in total. The van der Waals surface area contributed by atoms with Crippen molar-refractivity contribution in [3.8, 4) is 11.1 Å². The van der Waals surface area contributed by atoms with E-state index in [1.54, 1.807) is 12.1 Å². The minimum Gasteiger partial charge on any atom is -0.422 e. The van der Waals surface area contributed by atoms with Crippen LogP contribution in [0.15, 0.2) is 65.7 Å². The van der Waals surface area contributed by atoms with Gasteiger partial charge in [0.1, 0.15) is 5.82 Å². The number of ether oxygens (including phenoxy) is 1. The molecule has 9 nitrogen and oxygen atoms in total. The largest absolute Gasteiger partial charge is 0.422 e. The predicted octanol–water partition coefficient (Wildman–Crippen LogP) is 2.67. The second-order valence-electron chi connectivity index (χ2n) is 7.56. The lowest BCUT2D eigenvalue weighted by Crippen LogP contribution is -2.35. The normalized spacial score (nSPS) is 14.5. The molecule has 0 unspecified atom stereocenters. The Labute approximate surface area is 183 Å². The van der Waals surface area contributed by atoms with Gasteiger partial charge < -0.3 is 15.3 Å². The van der Waals surface area contributed by atoms with Crippen LogP contribution in [-0.2, 0) is 11.3 Å². The Bertz CT molecular complexity index is 1300.